The van der Waals surface area contributed by atoms with Gasteiger partial charge in [-0.2, -0.15) is 0 Å². The maximum Gasteiger partial charge on any atom is 0.226 e. The highest BCUT2D eigenvalue weighted by atomic mass is 32.1. The smallest absolute Gasteiger partial charge is 0.226 e. The lowest BCUT2D eigenvalue weighted by Crippen LogP contribution is -2.34. The molecule has 2 bridgehead atoms. The standard InChI is InChI=1S/C14H17NOS/c1-15(9-12-3-2-6-17-12)14(16)13-8-10-4-5-11(13)7-10/h2-6,10-11,13H,7-9H2,1H3. The quantitative estimate of drug-likeness (QED) is 0.752. The van der Waals surface area contributed by atoms with Crippen LogP contribution >= 0.6 is 11.3 Å². The van der Waals surface area contributed by atoms with Crippen LogP contribution in [0, 0.1) is 17.8 Å². The van der Waals surface area contributed by atoms with Gasteiger partial charge in [0.2, 0.25) is 5.91 Å². The van der Waals surface area contributed by atoms with Crippen molar-refractivity contribution in [1.82, 2.24) is 4.90 Å². The molecular formula is C14H17NOS. The van der Waals surface area contributed by atoms with E-state index in [9.17, 15) is 4.79 Å². The monoisotopic (exact) mass is 247 g/mol. The Morgan fingerprint density at radius 1 is 1.47 bits per heavy atom. The maximum absolute atomic E-state index is 12.4. The number of fused-ring (bicyclic) bond motifs is 2. The highest BCUT2D eigenvalue weighted by Crippen LogP contribution is 2.44. The summed E-state index contributed by atoms with van der Waals surface area (Å²) in [7, 11) is 1.93. The zero-order valence-corrected chi connectivity index (χ0v) is 10.8. The van der Waals surface area contributed by atoms with Crippen molar-refractivity contribution in [3.63, 3.8) is 0 Å². The average Bonchev–Trinajstić information content (AvgIpc) is 3.04. The Labute approximate surface area is 106 Å². The first kappa shape index (κ1) is 11.0. The first-order valence-corrected chi connectivity index (χ1v) is 7.07. The lowest BCUT2D eigenvalue weighted by molar-refractivity contribution is -0.135. The third-order valence-electron chi connectivity index (χ3n) is 3.95. The van der Waals surface area contributed by atoms with Crippen molar-refractivity contribution in [2.45, 2.75) is 19.4 Å². The minimum absolute atomic E-state index is 0.245. The third-order valence-corrected chi connectivity index (χ3v) is 4.81. The van der Waals surface area contributed by atoms with Gasteiger partial charge in [-0.3, -0.25) is 4.79 Å². The molecule has 0 N–H and O–H groups in total. The Hall–Kier alpha value is -1.09. The van der Waals surface area contributed by atoms with Crippen LogP contribution in [0.3, 0.4) is 0 Å². The lowest BCUT2D eigenvalue weighted by atomic mass is 9.92. The van der Waals surface area contributed by atoms with E-state index in [1.54, 1.807) is 11.3 Å². The second-order valence-electron chi connectivity index (χ2n) is 5.16. The van der Waals surface area contributed by atoms with Crippen LogP contribution in [0.4, 0.5) is 0 Å². The van der Waals surface area contributed by atoms with E-state index in [4.69, 9.17) is 0 Å². The minimum atomic E-state index is 0.245. The Kier molecular flexibility index (Phi) is 2.79. The van der Waals surface area contributed by atoms with Crippen molar-refractivity contribution in [1.29, 1.82) is 0 Å². The molecule has 3 unspecified atom stereocenters. The molecule has 0 saturated heterocycles. The van der Waals surface area contributed by atoms with Gasteiger partial charge >= 0.3 is 0 Å². The van der Waals surface area contributed by atoms with Crippen LogP contribution in [-0.2, 0) is 11.3 Å². The summed E-state index contributed by atoms with van der Waals surface area (Å²) in [5.41, 5.74) is 0. The van der Waals surface area contributed by atoms with Crippen LogP contribution in [0.25, 0.3) is 0 Å². The van der Waals surface area contributed by atoms with Crippen LogP contribution in [-0.4, -0.2) is 17.9 Å². The summed E-state index contributed by atoms with van der Waals surface area (Å²) in [6, 6.07) is 4.13. The van der Waals surface area contributed by atoms with Crippen LogP contribution in [0.5, 0.6) is 0 Å². The van der Waals surface area contributed by atoms with E-state index in [2.05, 4.69) is 23.6 Å². The number of allylic oxidation sites excluding steroid dienone is 2. The molecule has 1 aromatic rings. The fraction of sp³-hybridized carbons (Fsp3) is 0.500. The van der Waals surface area contributed by atoms with E-state index >= 15 is 0 Å². The van der Waals surface area contributed by atoms with E-state index in [0.29, 0.717) is 17.7 Å². The van der Waals surface area contributed by atoms with Crippen LogP contribution in [0.15, 0.2) is 29.7 Å². The summed E-state index contributed by atoms with van der Waals surface area (Å²) in [5, 5.41) is 2.06. The summed E-state index contributed by atoms with van der Waals surface area (Å²) < 4.78 is 0. The highest BCUT2D eigenvalue weighted by molar-refractivity contribution is 7.09. The zero-order chi connectivity index (χ0) is 11.8. The molecule has 0 spiro atoms. The predicted octanol–water partition coefficient (Wildman–Crippen LogP) is 2.92. The second kappa shape index (κ2) is 4.30. The molecule has 3 rings (SSSR count). The van der Waals surface area contributed by atoms with Gasteiger partial charge in [0.25, 0.3) is 0 Å². The molecule has 3 atom stereocenters. The first-order chi connectivity index (χ1) is 8.24. The van der Waals surface area contributed by atoms with E-state index in [1.165, 1.54) is 11.3 Å². The van der Waals surface area contributed by atoms with E-state index in [1.807, 2.05) is 18.0 Å². The fourth-order valence-corrected chi connectivity index (χ4v) is 3.82. The van der Waals surface area contributed by atoms with Crippen molar-refractivity contribution in [3.05, 3.63) is 34.5 Å². The van der Waals surface area contributed by atoms with Crippen molar-refractivity contribution >= 4 is 17.2 Å². The maximum atomic E-state index is 12.4. The first-order valence-electron chi connectivity index (χ1n) is 6.19. The number of carbonyl (C=O) groups is 1. The van der Waals surface area contributed by atoms with Crippen LogP contribution in [0.2, 0.25) is 0 Å². The summed E-state index contributed by atoms with van der Waals surface area (Å²) in [5.74, 6) is 1.76. The van der Waals surface area contributed by atoms with E-state index in [-0.39, 0.29) is 5.92 Å². The molecule has 1 saturated carbocycles. The molecule has 2 nitrogen and oxygen atoms in total. The lowest BCUT2D eigenvalue weighted by Gasteiger charge is -2.24. The number of thiophene rings is 1. The summed E-state index contributed by atoms with van der Waals surface area (Å²) >= 11 is 1.72. The SMILES string of the molecule is CN(Cc1cccs1)C(=O)C1CC2C=CC1C2. The number of carbonyl (C=O) groups excluding carboxylic acids is 1. The minimum Gasteiger partial charge on any atom is -0.340 e. The van der Waals surface area contributed by atoms with Crippen molar-refractivity contribution in [2.24, 2.45) is 17.8 Å². The molecule has 0 aliphatic heterocycles. The van der Waals surface area contributed by atoms with Crippen molar-refractivity contribution in [3.8, 4) is 0 Å². The van der Waals surface area contributed by atoms with Crippen LogP contribution < -0.4 is 0 Å². The summed E-state index contributed by atoms with van der Waals surface area (Å²) in [6.07, 6.45) is 6.79. The van der Waals surface area contributed by atoms with Gasteiger partial charge in [0.1, 0.15) is 0 Å². The van der Waals surface area contributed by atoms with Gasteiger partial charge in [0.05, 0.1) is 6.54 Å². The predicted molar refractivity (Wildman–Crippen MR) is 69.6 cm³/mol. The summed E-state index contributed by atoms with van der Waals surface area (Å²) in [4.78, 5) is 15.5. The molecule has 0 radical (unpaired) electrons. The molecule has 1 heterocycles. The molecule has 17 heavy (non-hydrogen) atoms. The van der Waals surface area contributed by atoms with E-state index in [0.717, 1.165) is 13.0 Å². The van der Waals surface area contributed by atoms with Gasteiger partial charge in [-0.25, -0.2) is 0 Å². The Balaban J connectivity index is 1.64. The van der Waals surface area contributed by atoms with E-state index < -0.39 is 0 Å². The summed E-state index contributed by atoms with van der Waals surface area (Å²) in [6.45, 7) is 0.758. The Morgan fingerprint density at radius 3 is 2.94 bits per heavy atom. The number of hydrogen-bond donors (Lipinski definition) is 0. The third kappa shape index (κ3) is 2.04. The molecular weight excluding hydrogens is 230 g/mol. The number of nitrogens with zero attached hydrogens (tertiary/aromatic N) is 1. The highest BCUT2D eigenvalue weighted by Gasteiger charge is 2.40. The molecule has 3 heteroatoms. The second-order valence-corrected chi connectivity index (χ2v) is 6.19. The van der Waals surface area contributed by atoms with Crippen molar-refractivity contribution in [2.75, 3.05) is 7.05 Å². The largest absolute Gasteiger partial charge is 0.340 e. The van der Waals surface area contributed by atoms with Gasteiger partial charge in [-0.15, -0.1) is 11.3 Å². The number of hydrogen-bond acceptors (Lipinski definition) is 2. The van der Waals surface area contributed by atoms with Gasteiger partial charge in [0.15, 0.2) is 0 Å². The van der Waals surface area contributed by atoms with Crippen molar-refractivity contribution < 1.29 is 4.79 Å². The molecule has 90 valence electrons. The molecule has 2 aliphatic carbocycles. The molecule has 1 amide bonds. The van der Waals surface area contributed by atoms with Crippen LogP contribution in [0.1, 0.15) is 17.7 Å². The molecule has 1 fully saturated rings. The Bertz CT molecular complexity index is 437. The number of rotatable bonds is 3. The fourth-order valence-electron chi connectivity index (χ4n) is 3.06. The zero-order valence-electron chi connectivity index (χ0n) is 10.0. The van der Waals surface area contributed by atoms with Gasteiger partial charge in [0, 0.05) is 17.8 Å². The van der Waals surface area contributed by atoms with Gasteiger partial charge in [-0.1, -0.05) is 18.2 Å². The number of amides is 1. The molecule has 1 aromatic heterocycles. The Morgan fingerprint density at radius 2 is 2.35 bits per heavy atom. The van der Waals surface area contributed by atoms with Gasteiger partial charge in [-0.05, 0) is 36.1 Å². The molecule has 2 aliphatic rings. The van der Waals surface area contributed by atoms with Gasteiger partial charge < -0.3 is 4.90 Å². The average molecular weight is 247 g/mol. The topological polar surface area (TPSA) is 20.3 Å². The molecule has 0 aromatic carbocycles. The normalized spacial score (nSPS) is 29.8.